The van der Waals surface area contributed by atoms with Gasteiger partial charge in [0.25, 0.3) is 0 Å². The molecule has 4 nitrogen and oxygen atoms in total. The minimum Gasteiger partial charge on any atom is -0.497 e. The summed E-state index contributed by atoms with van der Waals surface area (Å²) in [5.74, 6) is 6.93. The number of rotatable bonds is 3. The van der Waals surface area contributed by atoms with Crippen molar-refractivity contribution in [2.24, 2.45) is 5.73 Å². The predicted molar refractivity (Wildman–Crippen MR) is 79.6 cm³/mol. The molecule has 0 saturated carbocycles. The van der Waals surface area contributed by atoms with Gasteiger partial charge in [0.15, 0.2) is 0 Å². The fourth-order valence-corrected chi connectivity index (χ4v) is 2.29. The van der Waals surface area contributed by atoms with E-state index in [1.54, 1.807) is 7.11 Å². The average Bonchev–Trinajstić information content (AvgIpc) is 2.74. The second-order valence-electron chi connectivity index (χ2n) is 4.77. The third-order valence-electron chi connectivity index (χ3n) is 3.35. The third kappa shape index (κ3) is 4.24. The standard InChI is InChI=1S/C16H22N2O2/c1-19-16-6-5-14(4-2-7-17)15(12-16)13-18-8-3-10-20-11-9-18/h5-6,12H,3,7-11,13,17H2,1H3. The van der Waals surface area contributed by atoms with E-state index in [4.69, 9.17) is 15.2 Å². The van der Waals surface area contributed by atoms with Crippen molar-refractivity contribution in [1.29, 1.82) is 0 Å². The van der Waals surface area contributed by atoms with E-state index in [9.17, 15) is 0 Å². The molecule has 0 bridgehead atoms. The number of benzene rings is 1. The van der Waals surface area contributed by atoms with Gasteiger partial charge in [-0.2, -0.15) is 0 Å². The maximum atomic E-state index is 5.49. The molecule has 0 radical (unpaired) electrons. The topological polar surface area (TPSA) is 47.7 Å². The molecule has 1 fully saturated rings. The SMILES string of the molecule is COc1ccc(C#CCN)c(CN2CCCOCC2)c1. The average molecular weight is 274 g/mol. The number of ether oxygens (including phenoxy) is 2. The normalized spacial score (nSPS) is 16.1. The van der Waals surface area contributed by atoms with E-state index >= 15 is 0 Å². The van der Waals surface area contributed by atoms with Crippen molar-refractivity contribution in [3.05, 3.63) is 29.3 Å². The highest BCUT2D eigenvalue weighted by Crippen LogP contribution is 2.19. The molecule has 4 heteroatoms. The molecule has 1 heterocycles. The van der Waals surface area contributed by atoms with Crippen LogP contribution in [-0.2, 0) is 11.3 Å². The zero-order valence-corrected chi connectivity index (χ0v) is 12.0. The Morgan fingerprint density at radius 1 is 1.35 bits per heavy atom. The second-order valence-corrected chi connectivity index (χ2v) is 4.77. The number of hydrogen-bond donors (Lipinski definition) is 1. The molecule has 1 aromatic carbocycles. The van der Waals surface area contributed by atoms with E-state index < -0.39 is 0 Å². The first-order chi connectivity index (χ1) is 9.83. The van der Waals surface area contributed by atoms with Gasteiger partial charge in [-0.25, -0.2) is 0 Å². The van der Waals surface area contributed by atoms with Crippen molar-refractivity contribution in [3.8, 4) is 17.6 Å². The summed E-state index contributed by atoms with van der Waals surface area (Å²) in [5, 5.41) is 0. The van der Waals surface area contributed by atoms with E-state index in [1.165, 1.54) is 5.56 Å². The number of nitrogens with two attached hydrogens (primary N) is 1. The molecule has 0 spiro atoms. The van der Waals surface area contributed by atoms with Crippen molar-refractivity contribution >= 4 is 0 Å². The van der Waals surface area contributed by atoms with Gasteiger partial charge in [-0.15, -0.1) is 0 Å². The highest BCUT2D eigenvalue weighted by Gasteiger charge is 2.12. The fraction of sp³-hybridized carbons (Fsp3) is 0.500. The molecule has 1 aliphatic rings. The molecule has 0 unspecified atom stereocenters. The summed E-state index contributed by atoms with van der Waals surface area (Å²) in [4.78, 5) is 2.40. The first-order valence-corrected chi connectivity index (χ1v) is 6.99. The summed E-state index contributed by atoms with van der Waals surface area (Å²) in [6.07, 6.45) is 1.08. The molecule has 108 valence electrons. The lowest BCUT2D eigenvalue weighted by Crippen LogP contribution is -2.26. The molecule has 0 amide bonds. The number of hydrogen-bond acceptors (Lipinski definition) is 4. The van der Waals surface area contributed by atoms with E-state index in [-0.39, 0.29) is 0 Å². The maximum Gasteiger partial charge on any atom is 0.119 e. The van der Waals surface area contributed by atoms with Crippen LogP contribution in [0.1, 0.15) is 17.5 Å². The Morgan fingerprint density at radius 2 is 2.25 bits per heavy atom. The van der Waals surface area contributed by atoms with Crippen LogP contribution < -0.4 is 10.5 Å². The molecule has 1 aliphatic heterocycles. The van der Waals surface area contributed by atoms with Crippen LogP contribution in [0, 0.1) is 11.8 Å². The molecule has 0 aromatic heterocycles. The summed E-state index contributed by atoms with van der Waals surface area (Å²) in [6, 6.07) is 6.01. The Morgan fingerprint density at radius 3 is 3.05 bits per heavy atom. The van der Waals surface area contributed by atoms with Crippen molar-refractivity contribution in [3.63, 3.8) is 0 Å². The van der Waals surface area contributed by atoms with Gasteiger partial charge in [0, 0.05) is 31.8 Å². The second kappa shape index (κ2) is 7.91. The molecular weight excluding hydrogens is 252 g/mol. The Labute approximate surface area is 120 Å². The molecule has 2 N–H and O–H groups in total. The van der Waals surface area contributed by atoms with Crippen molar-refractivity contribution in [2.75, 3.05) is 40.0 Å². The summed E-state index contributed by atoms with van der Waals surface area (Å²) in [6.45, 7) is 4.92. The van der Waals surface area contributed by atoms with Crippen LogP contribution in [0.3, 0.4) is 0 Å². The summed E-state index contributed by atoms with van der Waals surface area (Å²) >= 11 is 0. The quantitative estimate of drug-likeness (QED) is 0.842. The number of nitrogens with zero attached hydrogens (tertiary/aromatic N) is 1. The Balaban J connectivity index is 2.17. The molecule has 1 saturated heterocycles. The van der Waals surface area contributed by atoms with Crippen LogP contribution in [0.5, 0.6) is 5.75 Å². The van der Waals surface area contributed by atoms with E-state index in [0.717, 1.165) is 50.6 Å². The van der Waals surface area contributed by atoms with E-state index in [0.29, 0.717) is 6.54 Å². The molecule has 0 aliphatic carbocycles. The van der Waals surface area contributed by atoms with Crippen LogP contribution in [-0.4, -0.2) is 44.9 Å². The van der Waals surface area contributed by atoms with Gasteiger partial charge in [0.05, 0.1) is 20.3 Å². The predicted octanol–water partition coefficient (Wildman–Crippen LogP) is 1.23. The highest BCUT2D eigenvalue weighted by molar-refractivity contribution is 5.45. The van der Waals surface area contributed by atoms with Gasteiger partial charge in [0.2, 0.25) is 0 Å². The van der Waals surface area contributed by atoms with Gasteiger partial charge in [-0.1, -0.05) is 11.8 Å². The van der Waals surface area contributed by atoms with Gasteiger partial charge >= 0.3 is 0 Å². The van der Waals surface area contributed by atoms with Crippen LogP contribution >= 0.6 is 0 Å². The fourth-order valence-electron chi connectivity index (χ4n) is 2.29. The van der Waals surface area contributed by atoms with E-state index in [1.807, 2.05) is 12.1 Å². The number of methoxy groups -OCH3 is 1. The smallest absolute Gasteiger partial charge is 0.119 e. The Hall–Kier alpha value is -1.54. The zero-order chi connectivity index (χ0) is 14.2. The molecule has 20 heavy (non-hydrogen) atoms. The van der Waals surface area contributed by atoms with Gasteiger partial charge < -0.3 is 15.2 Å². The lowest BCUT2D eigenvalue weighted by molar-refractivity contribution is 0.140. The molecular formula is C16H22N2O2. The van der Waals surface area contributed by atoms with Crippen LogP contribution in [0.4, 0.5) is 0 Å². The molecule has 1 aromatic rings. The zero-order valence-electron chi connectivity index (χ0n) is 12.0. The summed E-state index contributed by atoms with van der Waals surface area (Å²) in [7, 11) is 1.68. The van der Waals surface area contributed by atoms with Gasteiger partial charge in [-0.3, -0.25) is 4.90 Å². The minimum atomic E-state index is 0.378. The third-order valence-corrected chi connectivity index (χ3v) is 3.35. The summed E-state index contributed by atoms with van der Waals surface area (Å²) < 4.78 is 10.8. The lowest BCUT2D eigenvalue weighted by atomic mass is 10.1. The molecule has 2 rings (SSSR count). The van der Waals surface area contributed by atoms with Crippen molar-refractivity contribution < 1.29 is 9.47 Å². The Bertz CT molecular complexity index is 483. The largest absolute Gasteiger partial charge is 0.497 e. The van der Waals surface area contributed by atoms with Crippen LogP contribution in [0.2, 0.25) is 0 Å². The van der Waals surface area contributed by atoms with Crippen molar-refractivity contribution in [2.45, 2.75) is 13.0 Å². The first-order valence-electron chi connectivity index (χ1n) is 6.99. The van der Waals surface area contributed by atoms with Gasteiger partial charge in [-0.05, 0) is 30.2 Å². The summed E-state index contributed by atoms with van der Waals surface area (Å²) in [5.41, 5.74) is 7.68. The lowest BCUT2D eigenvalue weighted by Gasteiger charge is -2.20. The van der Waals surface area contributed by atoms with Crippen LogP contribution in [0.25, 0.3) is 0 Å². The van der Waals surface area contributed by atoms with Gasteiger partial charge in [0.1, 0.15) is 5.75 Å². The maximum absolute atomic E-state index is 5.49. The minimum absolute atomic E-state index is 0.378. The van der Waals surface area contributed by atoms with Crippen LogP contribution in [0.15, 0.2) is 18.2 Å². The van der Waals surface area contributed by atoms with Crippen molar-refractivity contribution in [1.82, 2.24) is 4.90 Å². The van der Waals surface area contributed by atoms with E-state index in [2.05, 4.69) is 22.8 Å². The highest BCUT2D eigenvalue weighted by atomic mass is 16.5. The first kappa shape index (κ1) is 14.9. The monoisotopic (exact) mass is 274 g/mol. The molecule has 0 atom stereocenters. The Kier molecular flexibility index (Phi) is 5.87.